The predicted molar refractivity (Wildman–Crippen MR) is 78.6 cm³/mol. The maximum atomic E-state index is 5.18. The summed E-state index contributed by atoms with van der Waals surface area (Å²) in [6.45, 7) is 6.46. The molecule has 1 aromatic carbocycles. The number of ether oxygens (including phenoxy) is 1. The van der Waals surface area contributed by atoms with E-state index >= 15 is 0 Å². The lowest BCUT2D eigenvalue weighted by molar-refractivity contribution is 0.415. The van der Waals surface area contributed by atoms with Gasteiger partial charge in [-0.25, -0.2) is 0 Å². The van der Waals surface area contributed by atoms with Crippen molar-refractivity contribution in [1.82, 2.24) is 5.32 Å². The van der Waals surface area contributed by atoms with Crippen LogP contribution in [0.1, 0.15) is 26.7 Å². The Morgan fingerprint density at radius 2 is 1.89 bits per heavy atom. The van der Waals surface area contributed by atoms with E-state index in [1.165, 1.54) is 18.5 Å². The van der Waals surface area contributed by atoms with E-state index in [4.69, 9.17) is 4.74 Å². The van der Waals surface area contributed by atoms with E-state index < -0.39 is 0 Å². The zero-order valence-electron chi connectivity index (χ0n) is 12.1. The van der Waals surface area contributed by atoms with Crippen molar-refractivity contribution in [2.24, 2.45) is 0 Å². The van der Waals surface area contributed by atoms with E-state index in [1.54, 1.807) is 7.11 Å². The maximum Gasteiger partial charge on any atom is 0.119 e. The van der Waals surface area contributed by atoms with E-state index in [2.05, 4.69) is 43.2 Å². The molecule has 1 atom stereocenters. The van der Waals surface area contributed by atoms with Crippen molar-refractivity contribution in [3.05, 3.63) is 24.3 Å². The Labute approximate surface area is 111 Å². The third-order valence-electron chi connectivity index (χ3n) is 3.14. The zero-order chi connectivity index (χ0) is 13.4. The number of benzene rings is 1. The van der Waals surface area contributed by atoms with E-state index in [0.717, 1.165) is 18.8 Å². The van der Waals surface area contributed by atoms with Crippen LogP contribution in [0.15, 0.2) is 24.3 Å². The van der Waals surface area contributed by atoms with Crippen molar-refractivity contribution in [2.75, 3.05) is 32.1 Å². The molecule has 3 nitrogen and oxygen atoms in total. The lowest BCUT2D eigenvalue weighted by Crippen LogP contribution is -2.39. The predicted octanol–water partition coefficient (Wildman–Crippen LogP) is 2.91. The van der Waals surface area contributed by atoms with Gasteiger partial charge in [-0.05, 0) is 37.2 Å². The van der Waals surface area contributed by atoms with Gasteiger partial charge in [-0.1, -0.05) is 20.3 Å². The van der Waals surface area contributed by atoms with Crippen molar-refractivity contribution in [3.63, 3.8) is 0 Å². The van der Waals surface area contributed by atoms with Gasteiger partial charge in [-0.3, -0.25) is 0 Å². The van der Waals surface area contributed by atoms with Gasteiger partial charge in [-0.2, -0.15) is 0 Å². The van der Waals surface area contributed by atoms with Crippen molar-refractivity contribution in [2.45, 2.75) is 32.7 Å². The third-order valence-corrected chi connectivity index (χ3v) is 3.14. The van der Waals surface area contributed by atoms with Crippen LogP contribution in [-0.4, -0.2) is 33.3 Å². The summed E-state index contributed by atoms with van der Waals surface area (Å²) in [4.78, 5) is 2.29. The van der Waals surface area contributed by atoms with Crippen molar-refractivity contribution in [1.29, 1.82) is 0 Å². The van der Waals surface area contributed by atoms with Gasteiger partial charge in [0.05, 0.1) is 7.11 Å². The molecule has 0 aliphatic carbocycles. The van der Waals surface area contributed by atoms with Crippen LogP contribution in [0.4, 0.5) is 5.69 Å². The summed E-state index contributed by atoms with van der Waals surface area (Å²) in [7, 11) is 3.84. The van der Waals surface area contributed by atoms with E-state index in [1.807, 2.05) is 12.1 Å². The number of likely N-dealkylation sites (N-methyl/N-ethyl adjacent to an activating group) is 2. The Bertz CT molecular complexity index is 318. The molecule has 0 spiro atoms. The molecule has 0 heterocycles. The molecule has 102 valence electrons. The normalized spacial score (nSPS) is 12.2. The SMILES string of the molecule is CCCC(CN(C)c1ccc(OC)cc1)NCC. The van der Waals surface area contributed by atoms with Crippen molar-refractivity contribution in [3.8, 4) is 5.75 Å². The second-order valence-electron chi connectivity index (χ2n) is 4.62. The summed E-state index contributed by atoms with van der Waals surface area (Å²) in [6.07, 6.45) is 2.43. The van der Waals surface area contributed by atoms with Crippen LogP contribution in [0, 0.1) is 0 Å². The first-order valence-corrected chi connectivity index (χ1v) is 6.79. The summed E-state index contributed by atoms with van der Waals surface area (Å²) in [5.74, 6) is 0.906. The van der Waals surface area contributed by atoms with Crippen LogP contribution in [0.2, 0.25) is 0 Å². The smallest absolute Gasteiger partial charge is 0.119 e. The van der Waals surface area contributed by atoms with Gasteiger partial charge in [-0.15, -0.1) is 0 Å². The van der Waals surface area contributed by atoms with Crippen LogP contribution >= 0.6 is 0 Å². The highest BCUT2D eigenvalue weighted by atomic mass is 16.5. The molecule has 1 aromatic rings. The first-order valence-electron chi connectivity index (χ1n) is 6.79. The highest BCUT2D eigenvalue weighted by Crippen LogP contribution is 2.18. The van der Waals surface area contributed by atoms with Gasteiger partial charge in [0.1, 0.15) is 5.75 Å². The molecule has 1 N–H and O–H groups in total. The largest absolute Gasteiger partial charge is 0.497 e. The Morgan fingerprint density at radius 1 is 1.22 bits per heavy atom. The monoisotopic (exact) mass is 250 g/mol. The molecule has 3 heteroatoms. The fourth-order valence-corrected chi connectivity index (χ4v) is 2.17. The van der Waals surface area contributed by atoms with Gasteiger partial charge in [0.15, 0.2) is 0 Å². The van der Waals surface area contributed by atoms with Gasteiger partial charge < -0.3 is 15.0 Å². The number of methoxy groups -OCH3 is 1. The minimum Gasteiger partial charge on any atom is -0.497 e. The standard InChI is InChI=1S/C15H26N2O/c1-5-7-13(16-6-2)12-17(3)14-8-10-15(18-4)11-9-14/h8-11,13,16H,5-7,12H2,1-4H3. The Hall–Kier alpha value is -1.22. The first-order chi connectivity index (χ1) is 8.71. The second-order valence-corrected chi connectivity index (χ2v) is 4.62. The molecule has 1 unspecified atom stereocenters. The fraction of sp³-hybridized carbons (Fsp3) is 0.600. The van der Waals surface area contributed by atoms with Crippen LogP contribution < -0.4 is 15.0 Å². The lowest BCUT2D eigenvalue weighted by Gasteiger charge is -2.26. The topological polar surface area (TPSA) is 24.5 Å². The third kappa shape index (κ3) is 4.57. The van der Waals surface area contributed by atoms with Crippen LogP contribution in [0.3, 0.4) is 0 Å². The number of nitrogens with zero attached hydrogens (tertiary/aromatic N) is 1. The molecule has 18 heavy (non-hydrogen) atoms. The van der Waals surface area contributed by atoms with E-state index in [0.29, 0.717) is 6.04 Å². The molecule has 0 aromatic heterocycles. The van der Waals surface area contributed by atoms with Gasteiger partial charge in [0.2, 0.25) is 0 Å². The first kappa shape index (κ1) is 14.8. The van der Waals surface area contributed by atoms with Gasteiger partial charge >= 0.3 is 0 Å². The summed E-state index contributed by atoms with van der Waals surface area (Å²) in [5.41, 5.74) is 1.23. The van der Waals surface area contributed by atoms with Crippen LogP contribution in [0.5, 0.6) is 5.75 Å². The Kier molecular flexibility index (Phi) is 6.58. The van der Waals surface area contributed by atoms with Crippen LogP contribution in [-0.2, 0) is 0 Å². The molecule has 0 bridgehead atoms. The summed E-state index contributed by atoms with van der Waals surface area (Å²) in [5, 5.41) is 3.54. The minimum atomic E-state index is 0.562. The minimum absolute atomic E-state index is 0.562. The number of hydrogen-bond acceptors (Lipinski definition) is 3. The average molecular weight is 250 g/mol. The average Bonchev–Trinajstić information content (AvgIpc) is 2.39. The van der Waals surface area contributed by atoms with Gasteiger partial charge in [0, 0.05) is 25.3 Å². The van der Waals surface area contributed by atoms with Crippen LogP contribution in [0.25, 0.3) is 0 Å². The molecular weight excluding hydrogens is 224 g/mol. The number of nitrogens with one attached hydrogen (secondary N) is 1. The number of anilines is 1. The van der Waals surface area contributed by atoms with Crippen molar-refractivity contribution < 1.29 is 4.74 Å². The maximum absolute atomic E-state index is 5.18. The summed E-state index contributed by atoms with van der Waals surface area (Å²) >= 11 is 0. The second kappa shape index (κ2) is 7.98. The molecule has 1 rings (SSSR count). The highest BCUT2D eigenvalue weighted by molar-refractivity contribution is 5.48. The van der Waals surface area contributed by atoms with E-state index in [-0.39, 0.29) is 0 Å². The van der Waals surface area contributed by atoms with E-state index in [9.17, 15) is 0 Å². The fourth-order valence-electron chi connectivity index (χ4n) is 2.17. The molecule has 0 radical (unpaired) electrons. The summed E-state index contributed by atoms with van der Waals surface area (Å²) in [6, 6.07) is 8.79. The molecule has 0 fully saturated rings. The Balaban J connectivity index is 2.58. The number of hydrogen-bond donors (Lipinski definition) is 1. The lowest BCUT2D eigenvalue weighted by atomic mass is 10.1. The highest BCUT2D eigenvalue weighted by Gasteiger charge is 2.10. The summed E-state index contributed by atoms with van der Waals surface area (Å²) < 4.78 is 5.18. The Morgan fingerprint density at radius 3 is 2.39 bits per heavy atom. The molecule has 0 aliphatic rings. The molecule has 0 saturated heterocycles. The molecule has 0 saturated carbocycles. The molecule has 0 aliphatic heterocycles. The van der Waals surface area contributed by atoms with Crippen molar-refractivity contribution >= 4 is 5.69 Å². The molecular formula is C15H26N2O. The van der Waals surface area contributed by atoms with Gasteiger partial charge in [0.25, 0.3) is 0 Å². The zero-order valence-corrected chi connectivity index (χ0v) is 12.1. The molecule has 0 amide bonds. The number of rotatable bonds is 8. The quantitative estimate of drug-likeness (QED) is 0.768.